The average Bonchev–Trinajstić information content (AvgIpc) is 2.92. The lowest BCUT2D eigenvalue weighted by Crippen LogP contribution is -2.64. The van der Waals surface area contributed by atoms with Crippen LogP contribution in [0.5, 0.6) is 0 Å². The molecule has 1 atom stereocenters. The molecule has 3 amide bonds. The maximum Gasteiger partial charge on any atom is 0.430 e. The first kappa shape index (κ1) is 22.0. The summed E-state index contributed by atoms with van der Waals surface area (Å²) in [6, 6.07) is 8.88. The van der Waals surface area contributed by atoms with Crippen LogP contribution in [-0.2, 0) is 14.3 Å². The molecule has 28 heavy (non-hydrogen) atoms. The highest BCUT2D eigenvalue weighted by Gasteiger charge is 2.60. The first-order valence-electron chi connectivity index (χ1n) is 8.82. The van der Waals surface area contributed by atoms with Gasteiger partial charge in [-0.3, -0.25) is 9.69 Å². The van der Waals surface area contributed by atoms with Gasteiger partial charge in [0, 0.05) is 0 Å². The van der Waals surface area contributed by atoms with E-state index in [1.54, 1.807) is 52.0 Å². The molecule has 0 unspecified atom stereocenters. The van der Waals surface area contributed by atoms with Gasteiger partial charge in [-0.2, -0.15) is 5.01 Å². The van der Waals surface area contributed by atoms with Gasteiger partial charge in [0.1, 0.15) is 0 Å². The summed E-state index contributed by atoms with van der Waals surface area (Å²) in [6.45, 7) is 6.97. The van der Waals surface area contributed by atoms with Gasteiger partial charge in [0.15, 0.2) is 4.32 Å². The Balaban J connectivity index is 2.51. The van der Waals surface area contributed by atoms with E-state index in [1.165, 1.54) is 4.90 Å². The summed E-state index contributed by atoms with van der Waals surface area (Å²) in [7, 11) is 0. The van der Waals surface area contributed by atoms with Crippen molar-refractivity contribution in [3.63, 3.8) is 0 Å². The quantitative estimate of drug-likeness (QED) is 0.570. The van der Waals surface area contributed by atoms with E-state index in [0.717, 1.165) is 16.8 Å². The van der Waals surface area contributed by atoms with Crippen molar-refractivity contribution in [2.75, 3.05) is 18.1 Å². The number of anilines is 1. The minimum atomic E-state index is -1.52. The molecule has 0 radical (unpaired) electrons. The van der Waals surface area contributed by atoms with Gasteiger partial charge in [0.05, 0.1) is 18.9 Å². The Labute approximate surface area is 173 Å². The summed E-state index contributed by atoms with van der Waals surface area (Å²) < 4.78 is 10.2. The molecule has 0 bridgehead atoms. The fraction of sp³-hybridized carbons (Fsp3) is 0.444. The molecule has 2 rings (SSSR count). The molecule has 152 valence electrons. The number of hydrogen-bond acceptors (Lipinski definition) is 7. The van der Waals surface area contributed by atoms with Crippen molar-refractivity contribution >= 4 is 52.1 Å². The van der Waals surface area contributed by atoms with Crippen LogP contribution in [0.25, 0.3) is 0 Å². The van der Waals surface area contributed by atoms with Crippen molar-refractivity contribution in [3.8, 4) is 0 Å². The Morgan fingerprint density at radius 2 is 1.82 bits per heavy atom. The van der Waals surface area contributed by atoms with Gasteiger partial charge in [-0.25, -0.2) is 15.0 Å². The lowest BCUT2D eigenvalue weighted by Gasteiger charge is -2.39. The molecule has 0 aromatic heterocycles. The van der Waals surface area contributed by atoms with Gasteiger partial charge in [0.25, 0.3) is 5.91 Å². The Kier molecular flexibility index (Phi) is 7.25. The van der Waals surface area contributed by atoms with Crippen LogP contribution in [0.1, 0.15) is 27.7 Å². The summed E-state index contributed by atoms with van der Waals surface area (Å²) in [6.07, 6.45) is -1.74. The predicted octanol–water partition coefficient (Wildman–Crippen LogP) is 3.52. The molecule has 0 spiro atoms. The first-order chi connectivity index (χ1) is 13.3. The first-order valence-corrected chi connectivity index (χ1v) is 10.0. The number of hydrogen-bond donors (Lipinski definition) is 1. The maximum atomic E-state index is 13.5. The molecule has 10 heteroatoms. The largest absolute Gasteiger partial charge is 0.449 e. The van der Waals surface area contributed by atoms with Gasteiger partial charge in [-0.05, 0) is 31.9 Å². The standard InChI is InChI=1S/C18H23N3O5S2/c1-5-25-15(23)19-21(16(24)26-6-2)18(12(3)4)14(22)20(17(27)28-18)13-10-8-7-9-11-13/h7-12H,5-6H2,1-4H3,(H,19,23)/t18-/m0/s1. The number of thioether (sulfide) groups is 1. The molecule has 8 nitrogen and oxygen atoms in total. The molecule has 0 aliphatic carbocycles. The van der Waals surface area contributed by atoms with Gasteiger partial charge in [-0.15, -0.1) is 0 Å². The second-order valence-electron chi connectivity index (χ2n) is 6.06. The third-order valence-electron chi connectivity index (χ3n) is 3.99. The number of hydrazine groups is 1. The number of amides is 3. The Morgan fingerprint density at radius 3 is 2.36 bits per heavy atom. The Morgan fingerprint density at radius 1 is 1.21 bits per heavy atom. The van der Waals surface area contributed by atoms with Crippen molar-refractivity contribution in [1.29, 1.82) is 0 Å². The monoisotopic (exact) mass is 425 g/mol. The van der Waals surface area contributed by atoms with Gasteiger partial charge in [0.2, 0.25) is 4.87 Å². The van der Waals surface area contributed by atoms with E-state index < -0.39 is 28.9 Å². The summed E-state index contributed by atoms with van der Waals surface area (Å²) in [5.74, 6) is -0.864. The van der Waals surface area contributed by atoms with Crippen LogP contribution in [0.2, 0.25) is 0 Å². The molecule has 1 N–H and O–H groups in total. The smallest absolute Gasteiger partial charge is 0.430 e. The number of nitrogens with zero attached hydrogens (tertiary/aromatic N) is 2. The second kappa shape index (κ2) is 9.24. The van der Waals surface area contributed by atoms with Crippen LogP contribution in [0, 0.1) is 5.92 Å². The molecule has 1 aromatic rings. The Hall–Kier alpha value is -2.33. The van der Waals surface area contributed by atoms with Crippen molar-refractivity contribution in [2.24, 2.45) is 5.92 Å². The summed E-state index contributed by atoms with van der Waals surface area (Å²) in [5.41, 5.74) is 2.94. The molecule has 1 aliphatic rings. The SMILES string of the molecule is CCOC(=O)NN(C(=O)OCC)[C@@]1(C(C)C)SC(=S)N(c2ccccc2)C1=O. The number of carbonyl (C=O) groups is 3. The Bertz CT molecular complexity index is 759. The third kappa shape index (κ3) is 4.07. The number of rotatable bonds is 5. The van der Waals surface area contributed by atoms with E-state index in [2.05, 4.69) is 5.43 Å². The highest BCUT2D eigenvalue weighted by Crippen LogP contribution is 2.46. The van der Waals surface area contributed by atoms with Gasteiger partial charge < -0.3 is 9.47 Å². The van der Waals surface area contributed by atoms with Crippen molar-refractivity contribution in [2.45, 2.75) is 32.6 Å². The average molecular weight is 426 g/mol. The van der Waals surface area contributed by atoms with E-state index in [9.17, 15) is 14.4 Å². The van der Waals surface area contributed by atoms with E-state index >= 15 is 0 Å². The van der Waals surface area contributed by atoms with Crippen LogP contribution in [0.4, 0.5) is 15.3 Å². The van der Waals surface area contributed by atoms with Gasteiger partial charge in [-0.1, -0.05) is 56.0 Å². The van der Waals surface area contributed by atoms with Crippen molar-refractivity contribution in [1.82, 2.24) is 10.4 Å². The predicted molar refractivity (Wildman–Crippen MR) is 111 cm³/mol. The van der Waals surface area contributed by atoms with E-state index in [1.807, 2.05) is 6.07 Å². The number of para-hydroxylation sites is 1. The zero-order chi connectivity index (χ0) is 20.9. The molecule has 0 saturated carbocycles. The highest BCUT2D eigenvalue weighted by molar-refractivity contribution is 8.25. The van der Waals surface area contributed by atoms with Crippen LogP contribution in [-0.4, -0.2) is 45.5 Å². The fourth-order valence-corrected chi connectivity index (χ4v) is 4.48. The minimum Gasteiger partial charge on any atom is -0.449 e. The lowest BCUT2D eigenvalue weighted by molar-refractivity contribution is -0.126. The number of benzene rings is 1. The summed E-state index contributed by atoms with van der Waals surface area (Å²) in [4.78, 5) is 38.1. The zero-order valence-corrected chi connectivity index (χ0v) is 17.8. The highest BCUT2D eigenvalue weighted by atomic mass is 32.2. The van der Waals surface area contributed by atoms with Crippen LogP contribution >= 0.6 is 24.0 Å². The van der Waals surface area contributed by atoms with Crippen LogP contribution in [0.15, 0.2) is 30.3 Å². The molecule has 1 aliphatic heterocycles. The van der Waals surface area contributed by atoms with Crippen molar-refractivity contribution < 1.29 is 23.9 Å². The molecular formula is C18H23N3O5S2. The van der Waals surface area contributed by atoms with E-state index in [0.29, 0.717) is 5.69 Å². The van der Waals surface area contributed by atoms with Gasteiger partial charge >= 0.3 is 12.2 Å². The van der Waals surface area contributed by atoms with Crippen LogP contribution in [0.3, 0.4) is 0 Å². The lowest BCUT2D eigenvalue weighted by atomic mass is 10.0. The number of nitrogens with one attached hydrogen (secondary N) is 1. The molecular weight excluding hydrogens is 402 g/mol. The summed E-state index contributed by atoms with van der Waals surface area (Å²) >= 11 is 6.47. The molecule has 1 aromatic carbocycles. The normalized spacial score (nSPS) is 19.0. The maximum absolute atomic E-state index is 13.5. The molecule has 1 saturated heterocycles. The number of carbonyl (C=O) groups excluding carboxylic acids is 3. The van der Waals surface area contributed by atoms with Crippen molar-refractivity contribution in [3.05, 3.63) is 30.3 Å². The molecule has 1 heterocycles. The third-order valence-corrected chi connectivity index (χ3v) is 5.92. The minimum absolute atomic E-state index is 0.0692. The number of ether oxygens (including phenoxy) is 2. The topological polar surface area (TPSA) is 88.2 Å². The second-order valence-corrected chi connectivity index (χ2v) is 7.92. The van der Waals surface area contributed by atoms with E-state index in [4.69, 9.17) is 21.7 Å². The fourth-order valence-electron chi connectivity index (χ4n) is 2.74. The van der Waals surface area contributed by atoms with E-state index in [-0.39, 0.29) is 17.5 Å². The zero-order valence-electron chi connectivity index (χ0n) is 16.1. The summed E-state index contributed by atoms with van der Waals surface area (Å²) in [5, 5.41) is 0.890. The van der Waals surface area contributed by atoms with Crippen LogP contribution < -0.4 is 10.3 Å². The number of thiocarbonyl (C=S) groups is 1. The molecule has 1 fully saturated rings.